The zero-order chi connectivity index (χ0) is 14.4. The molecule has 1 heterocycles. The van der Waals surface area contributed by atoms with Crippen LogP contribution in [-0.2, 0) is 6.42 Å². The Morgan fingerprint density at radius 1 is 1.20 bits per heavy atom. The molecule has 1 aromatic heterocycles. The minimum atomic E-state index is 0.249. The highest BCUT2D eigenvalue weighted by molar-refractivity contribution is 5.91. The first-order chi connectivity index (χ1) is 9.76. The highest BCUT2D eigenvalue weighted by Crippen LogP contribution is 2.24. The zero-order valence-corrected chi connectivity index (χ0v) is 11.9. The fraction of sp³-hybridized carbons (Fsp3) is 0.375. The number of aromatic nitrogens is 2. The Labute approximate surface area is 119 Å². The number of nitrogens with one attached hydrogen (secondary N) is 1. The van der Waals surface area contributed by atoms with Crippen molar-refractivity contribution in [2.24, 2.45) is 0 Å². The van der Waals surface area contributed by atoms with Crippen LogP contribution in [0.3, 0.4) is 0 Å². The van der Waals surface area contributed by atoms with Gasteiger partial charge in [0.05, 0.1) is 11.3 Å². The van der Waals surface area contributed by atoms with E-state index < -0.39 is 0 Å². The van der Waals surface area contributed by atoms with Crippen LogP contribution in [0.25, 0.3) is 11.3 Å². The molecule has 0 unspecified atom stereocenters. The van der Waals surface area contributed by atoms with E-state index in [0.717, 1.165) is 18.3 Å². The van der Waals surface area contributed by atoms with Gasteiger partial charge in [0.2, 0.25) is 0 Å². The minimum Gasteiger partial charge on any atom is -0.382 e. The van der Waals surface area contributed by atoms with Crippen molar-refractivity contribution in [2.45, 2.75) is 39.0 Å². The Hall–Kier alpha value is -2.10. The van der Waals surface area contributed by atoms with Gasteiger partial charge in [-0.1, -0.05) is 50.5 Å². The normalized spacial score (nSPS) is 10.7. The van der Waals surface area contributed by atoms with Crippen LogP contribution < -0.4 is 5.73 Å². The third kappa shape index (κ3) is 3.26. The van der Waals surface area contributed by atoms with E-state index >= 15 is 0 Å². The Balaban J connectivity index is 2.06. The van der Waals surface area contributed by atoms with Gasteiger partial charge in [0, 0.05) is 5.56 Å². The molecule has 0 spiro atoms. The molecule has 0 amide bonds. The van der Waals surface area contributed by atoms with Gasteiger partial charge in [0.15, 0.2) is 12.1 Å². The summed E-state index contributed by atoms with van der Waals surface area (Å²) in [5, 5.41) is 6.69. The van der Waals surface area contributed by atoms with Gasteiger partial charge in [0.25, 0.3) is 0 Å². The summed E-state index contributed by atoms with van der Waals surface area (Å²) >= 11 is 0. The number of carbonyl (C=O) groups is 1. The fourth-order valence-corrected chi connectivity index (χ4v) is 2.30. The number of hydrogen-bond acceptors (Lipinski definition) is 3. The van der Waals surface area contributed by atoms with Crippen molar-refractivity contribution < 1.29 is 4.79 Å². The quantitative estimate of drug-likeness (QED) is 0.597. The highest BCUT2D eigenvalue weighted by Gasteiger charge is 2.11. The fourth-order valence-electron chi connectivity index (χ4n) is 2.30. The van der Waals surface area contributed by atoms with Crippen LogP contribution in [0.1, 0.15) is 48.5 Å². The molecule has 106 valence electrons. The van der Waals surface area contributed by atoms with Crippen LogP contribution >= 0.6 is 0 Å². The Morgan fingerprint density at radius 3 is 2.60 bits per heavy atom. The highest BCUT2D eigenvalue weighted by atomic mass is 16.1. The van der Waals surface area contributed by atoms with Crippen LogP contribution in [0.4, 0.5) is 5.82 Å². The van der Waals surface area contributed by atoms with E-state index in [4.69, 9.17) is 5.73 Å². The van der Waals surface area contributed by atoms with E-state index in [1.807, 2.05) is 12.1 Å². The van der Waals surface area contributed by atoms with Gasteiger partial charge < -0.3 is 5.73 Å². The molecule has 2 rings (SSSR count). The first-order valence-electron chi connectivity index (χ1n) is 7.14. The standard InChI is InChI=1S/C16H21N3O/c1-2-3-4-5-6-12-7-9-13(10-8-12)15-14(11-20)16(17)19-18-15/h7-11H,2-6H2,1H3,(H3,17,18,19). The number of unbranched alkanes of at least 4 members (excludes halogenated alkanes) is 3. The van der Waals surface area contributed by atoms with Gasteiger partial charge in [-0.25, -0.2) is 0 Å². The summed E-state index contributed by atoms with van der Waals surface area (Å²) in [6.45, 7) is 2.22. The summed E-state index contributed by atoms with van der Waals surface area (Å²) in [6, 6.07) is 8.23. The summed E-state index contributed by atoms with van der Waals surface area (Å²) in [7, 11) is 0. The maximum absolute atomic E-state index is 11.0. The van der Waals surface area contributed by atoms with E-state index in [-0.39, 0.29) is 5.82 Å². The predicted molar refractivity (Wildman–Crippen MR) is 81.7 cm³/mol. The number of carbonyl (C=O) groups excluding carboxylic acids is 1. The average Bonchev–Trinajstić information content (AvgIpc) is 2.85. The summed E-state index contributed by atoms with van der Waals surface area (Å²) in [4.78, 5) is 11.0. The number of benzene rings is 1. The number of H-pyrrole nitrogens is 1. The molecule has 2 aromatic rings. The molecule has 4 heteroatoms. The van der Waals surface area contributed by atoms with E-state index in [1.165, 1.54) is 31.2 Å². The van der Waals surface area contributed by atoms with Crippen LogP contribution in [0, 0.1) is 0 Å². The molecule has 0 radical (unpaired) electrons. The molecule has 3 N–H and O–H groups in total. The van der Waals surface area contributed by atoms with E-state index in [9.17, 15) is 4.79 Å². The van der Waals surface area contributed by atoms with Crippen molar-refractivity contribution in [1.82, 2.24) is 10.2 Å². The molecule has 0 atom stereocenters. The molecule has 20 heavy (non-hydrogen) atoms. The first-order valence-corrected chi connectivity index (χ1v) is 7.14. The molecule has 0 aliphatic heterocycles. The Kier molecular flexibility index (Phi) is 4.93. The topological polar surface area (TPSA) is 71.8 Å². The molecule has 0 aliphatic carbocycles. The largest absolute Gasteiger partial charge is 0.382 e. The number of nitrogen functional groups attached to an aromatic ring is 1. The van der Waals surface area contributed by atoms with E-state index in [0.29, 0.717) is 11.3 Å². The number of aromatic amines is 1. The number of nitrogens with two attached hydrogens (primary N) is 1. The van der Waals surface area contributed by atoms with E-state index in [2.05, 4.69) is 29.3 Å². The zero-order valence-electron chi connectivity index (χ0n) is 11.9. The van der Waals surface area contributed by atoms with Crippen molar-refractivity contribution in [1.29, 1.82) is 0 Å². The number of hydrogen-bond donors (Lipinski definition) is 2. The molecule has 4 nitrogen and oxygen atoms in total. The van der Waals surface area contributed by atoms with Gasteiger partial charge in [-0.15, -0.1) is 0 Å². The van der Waals surface area contributed by atoms with Crippen molar-refractivity contribution >= 4 is 12.1 Å². The number of nitrogens with zero attached hydrogens (tertiary/aromatic N) is 1. The minimum absolute atomic E-state index is 0.249. The molecular formula is C16H21N3O. The summed E-state index contributed by atoms with van der Waals surface area (Å²) in [5.74, 6) is 0.249. The van der Waals surface area contributed by atoms with Crippen LogP contribution in [0.5, 0.6) is 0 Å². The molecule has 0 saturated heterocycles. The van der Waals surface area contributed by atoms with Gasteiger partial charge in [-0.3, -0.25) is 9.89 Å². The maximum atomic E-state index is 11.0. The van der Waals surface area contributed by atoms with Crippen LogP contribution in [-0.4, -0.2) is 16.5 Å². The lowest BCUT2D eigenvalue weighted by atomic mass is 10.0. The van der Waals surface area contributed by atoms with E-state index in [1.54, 1.807) is 0 Å². The second kappa shape index (κ2) is 6.89. The van der Waals surface area contributed by atoms with Crippen LogP contribution in [0.15, 0.2) is 24.3 Å². The maximum Gasteiger partial charge on any atom is 0.156 e. The predicted octanol–water partition coefficient (Wildman–Crippen LogP) is 3.59. The molecule has 0 fully saturated rings. The second-order valence-corrected chi connectivity index (χ2v) is 5.02. The number of anilines is 1. The first kappa shape index (κ1) is 14.3. The summed E-state index contributed by atoms with van der Waals surface area (Å²) in [6.07, 6.45) is 6.91. The van der Waals surface area contributed by atoms with Crippen molar-refractivity contribution in [3.63, 3.8) is 0 Å². The van der Waals surface area contributed by atoms with Gasteiger partial charge in [-0.05, 0) is 18.4 Å². The Morgan fingerprint density at radius 2 is 1.95 bits per heavy atom. The molecule has 0 bridgehead atoms. The monoisotopic (exact) mass is 271 g/mol. The van der Waals surface area contributed by atoms with Crippen molar-refractivity contribution in [3.8, 4) is 11.3 Å². The lowest BCUT2D eigenvalue weighted by Gasteiger charge is -2.03. The van der Waals surface area contributed by atoms with Gasteiger partial charge in [0.1, 0.15) is 0 Å². The smallest absolute Gasteiger partial charge is 0.156 e. The molecule has 0 aliphatic rings. The van der Waals surface area contributed by atoms with Gasteiger partial charge >= 0.3 is 0 Å². The second-order valence-electron chi connectivity index (χ2n) is 5.02. The summed E-state index contributed by atoms with van der Waals surface area (Å²) in [5.41, 5.74) is 9.02. The average molecular weight is 271 g/mol. The number of aryl methyl sites for hydroxylation is 1. The molecule has 1 aromatic carbocycles. The third-order valence-corrected chi connectivity index (χ3v) is 3.51. The molecular weight excluding hydrogens is 250 g/mol. The van der Waals surface area contributed by atoms with Crippen molar-refractivity contribution in [2.75, 3.05) is 5.73 Å². The number of aldehydes is 1. The molecule has 0 saturated carbocycles. The third-order valence-electron chi connectivity index (χ3n) is 3.51. The Bertz CT molecular complexity index is 558. The van der Waals surface area contributed by atoms with Crippen molar-refractivity contribution in [3.05, 3.63) is 35.4 Å². The van der Waals surface area contributed by atoms with Crippen LogP contribution in [0.2, 0.25) is 0 Å². The number of rotatable bonds is 7. The lowest BCUT2D eigenvalue weighted by Crippen LogP contribution is -1.91. The lowest BCUT2D eigenvalue weighted by molar-refractivity contribution is 0.112. The van der Waals surface area contributed by atoms with Gasteiger partial charge in [-0.2, -0.15) is 5.10 Å². The summed E-state index contributed by atoms with van der Waals surface area (Å²) < 4.78 is 0. The SMILES string of the molecule is CCCCCCc1ccc(-c2[nH]nc(N)c2C=O)cc1.